The Morgan fingerprint density at radius 1 is 1.12 bits per heavy atom. The summed E-state index contributed by atoms with van der Waals surface area (Å²) in [5, 5.41) is 13.5. The van der Waals surface area contributed by atoms with E-state index in [1.807, 2.05) is 6.92 Å². The lowest BCUT2D eigenvalue weighted by Crippen LogP contribution is -2.22. The van der Waals surface area contributed by atoms with Gasteiger partial charge in [0.1, 0.15) is 10.9 Å². The lowest BCUT2D eigenvalue weighted by molar-refractivity contribution is 0.0951. The summed E-state index contributed by atoms with van der Waals surface area (Å²) in [6, 6.07) is 13.7. The number of amides is 1. The lowest BCUT2D eigenvalue weighted by Gasteiger charge is -2.11. The molecule has 132 valence electrons. The van der Waals surface area contributed by atoms with Gasteiger partial charge in [0, 0.05) is 40.0 Å². The second-order valence-corrected chi connectivity index (χ2v) is 6.62. The van der Waals surface area contributed by atoms with Crippen LogP contribution in [0.5, 0.6) is 5.75 Å². The van der Waals surface area contributed by atoms with Gasteiger partial charge in [0.05, 0.1) is 0 Å². The molecule has 0 saturated carbocycles. The van der Waals surface area contributed by atoms with Crippen molar-refractivity contribution in [1.29, 1.82) is 0 Å². The van der Waals surface area contributed by atoms with E-state index in [1.54, 1.807) is 54.7 Å². The van der Waals surface area contributed by atoms with Gasteiger partial charge < -0.3 is 10.4 Å². The van der Waals surface area contributed by atoms with Crippen molar-refractivity contribution in [2.24, 2.45) is 0 Å². The van der Waals surface area contributed by atoms with Crippen LogP contribution in [0.25, 0.3) is 11.1 Å². The van der Waals surface area contributed by atoms with Gasteiger partial charge in [-0.2, -0.15) is 0 Å². The summed E-state index contributed by atoms with van der Waals surface area (Å²) in [6.45, 7) is 2.13. The highest BCUT2D eigenvalue weighted by Crippen LogP contribution is 2.31. The number of carbonyl (C=O) groups excluding carboxylic acids is 1. The molecule has 3 rings (SSSR count). The molecule has 1 heterocycles. The maximum atomic E-state index is 12.5. The van der Waals surface area contributed by atoms with Crippen LogP contribution in [0.3, 0.4) is 0 Å². The second kappa shape index (κ2) is 7.77. The molecule has 0 fully saturated rings. The standard InChI is InChI=1S/C20H16Cl2N2O2/c1-12-8-19(22)23-11-16(12)15-9-13(6-7-17(15)21)20(26)24-10-14-4-2-3-5-18(14)25/h2-9,11,25H,10H2,1H3,(H,24,26). The normalized spacial score (nSPS) is 10.6. The molecule has 0 radical (unpaired) electrons. The molecule has 0 aliphatic carbocycles. The van der Waals surface area contributed by atoms with Crippen LogP contribution in [-0.4, -0.2) is 16.0 Å². The maximum Gasteiger partial charge on any atom is 0.251 e. The van der Waals surface area contributed by atoms with Crippen molar-refractivity contribution >= 4 is 29.1 Å². The number of rotatable bonds is 4. The summed E-state index contributed by atoms with van der Waals surface area (Å²) in [5.74, 6) is -0.113. The molecule has 0 saturated heterocycles. The number of pyridine rings is 1. The Kier molecular flexibility index (Phi) is 5.45. The summed E-state index contributed by atoms with van der Waals surface area (Å²) >= 11 is 12.2. The van der Waals surface area contributed by atoms with Crippen LogP contribution in [0.15, 0.2) is 54.7 Å². The predicted octanol–water partition coefficient (Wildman–Crippen LogP) is 5.00. The Morgan fingerprint density at radius 3 is 2.62 bits per heavy atom. The van der Waals surface area contributed by atoms with Crippen LogP contribution in [0.4, 0.5) is 0 Å². The van der Waals surface area contributed by atoms with E-state index in [0.29, 0.717) is 26.9 Å². The minimum absolute atomic E-state index is 0.146. The molecule has 1 amide bonds. The summed E-state index contributed by atoms with van der Waals surface area (Å²) in [5.41, 5.74) is 3.55. The number of halogens is 2. The zero-order valence-electron chi connectivity index (χ0n) is 14.0. The number of nitrogens with zero attached hydrogens (tertiary/aromatic N) is 1. The van der Waals surface area contributed by atoms with Crippen molar-refractivity contribution in [3.8, 4) is 16.9 Å². The van der Waals surface area contributed by atoms with Gasteiger partial charge in [-0.25, -0.2) is 4.98 Å². The van der Waals surface area contributed by atoms with Crippen molar-refractivity contribution < 1.29 is 9.90 Å². The Labute approximate surface area is 161 Å². The Bertz CT molecular complexity index is 974. The Hall–Kier alpha value is -2.56. The largest absolute Gasteiger partial charge is 0.508 e. The third kappa shape index (κ3) is 3.98. The molecule has 6 heteroatoms. The molecule has 0 spiro atoms. The van der Waals surface area contributed by atoms with E-state index >= 15 is 0 Å². The molecule has 0 aliphatic heterocycles. The molecular formula is C20H16Cl2N2O2. The van der Waals surface area contributed by atoms with Crippen LogP contribution >= 0.6 is 23.2 Å². The van der Waals surface area contributed by atoms with Crippen LogP contribution < -0.4 is 5.32 Å². The number of carbonyl (C=O) groups is 1. The first-order valence-electron chi connectivity index (χ1n) is 7.93. The average Bonchev–Trinajstić information content (AvgIpc) is 2.62. The zero-order valence-corrected chi connectivity index (χ0v) is 15.5. The number of phenols is 1. The van der Waals surface area contributed by atoms with Gasteiger partial charge in [-0.05, 0) is 42.8 Å². The summed E-state index contributed by atoms with van der Waals surface area (Å²) in [4.78, 5) is 16.6. The minimum Gasteiger partial charge on any atom is -0.508 e. The second-order valence-electron chi connectivity index (χ2n) is 5.83. The smallest absolute Gasteiger partial charge is 0.251 e. The number of hydrogen-bond acceptors (Lipinski definition) is 3. The first kappa shape index (κ1) is 18.2. The predicted molar refractivity (Wildman–Crippen MR) is 104 cm³/mol. The molecule has 26 heavy (non-hydrogen) atoms. The fourth-order valence-corrected chi connectivity index (χ4v) is 3.05. The van der Waals surface area contributed by atoms with Crippen molar-refractivity contribution in [1.82, 2.24) is 10.3 Å². The van der Waals surface area contributed by atoms with Crippen LogP contribution in [-0.2, 0) is 6.54 Å². The molecule has 3 aromatic rings. The molecule has 4 nitrogen and oxygen atoms in total. The molecule has 0 atom stereocenters. The molecule has 0 unspecified atom stereocenters. The molecule has 0 bridgehead atoms. The molecule has 2 aromatic carbocycles. The first-order chi connectivity index (χ1) is 12.5. The van der Waals surface area contributed by atoms with E-state index in [4.69, 9.17) is 23.2 Å². The van der Waals surface area contributed by atoms with Crippen LogP contribution in [0, 0.1) is 6.92 Å². The lowest BCUT2D eigenvalue weighted by atomic mass is 10.0. The van der Waals surface area contributed by atoms with Gasteiger partial charge >= 0.3 is 0 Å². The van der Waals surface area contributed by atoms with Gasteiger partial charge in [-0.15, -0.1) is 0 Å². The number of aromatic hydroxyl groups is 1. The zero-order chi connectivity index (χ0) is 18.7. The topological polar surface area (TPSA) is 62.2 Å². The van der Waals surface area contributed by atoms with Crippen LogP contribution in [0.1, 0.15) is 21.5 Å². The summed E-state index contributed by atoms with van der Waals surface area (Å²) in [7, 11) is 0. The number of aryl methyl sites for hydroxylation is 1. The van der Waals surface area contributed by atoms with E-state index in [2.05, 4.69) is 10.3 Å². The van der Waals surface area contributed by atoms with Gasteiger partial charge in [0.25, 0.3) is 5.91 Å². The highest BCUT2D eigenvalue weighted by Gasteiger charge is 2.13. The fraction of sp³-hybridized carbons (Fsp3) is 0.100. The van der Waals surface area contributed by atoms with E-state index in [0.717, 1.165) is 11.1 Å². The SMILES string of the molecule is Cc1cc(Cl)ncc1-c1cc(C(=O)NCc2ccccc2O)ccc1Cl. The number of hydrogen-bond donors (Lipinski definition) is 2. The highest BCUT2D eigenvalue weighted by atomic mass is 35.5. The van der Waals surface area contributed by atoms with E-state index in [-0.39, 0.29) is 18.2 Å². The molecule has 1 aromatic heterocycles. The van der Waals surface area contributed by atoms with Crippen molar-refractivity contribution in [2.45, 2.75) is 13.5 Å². The van der Waals surface area contributed by atoms with Crippen molar-refractivity contribution in [2.75, 3.05) is 0 Å². The maximum absolute atomic E-state index is 12.5. The summed E-state index contributed by atoms with van der Waals surface area (Å²) < 4.78 is 0. The van der Waals surface area contributed by atoms with E-state index < -0.39 is 0 Å². The minimum atomic E-state index is -0.259. The van der Waals surface area contributed by atoms with E-state index in [1.165, 1.54) is 0 Å². The van der Waals surface area contributed by atoms with Crippen molar-refractivity contribution in [3.63, 3.8) is 0 Å². The fourth-order valence-electron chi connectivity index (χ4n) is 2.61. The molecule has 0 aliphatic rings. The number of para-hydroxylation sites is 1. The van der Waals surface area contributed by atoms with Gasteiger partial charge in [0.15, 0.2) is 0 Å². The third-order valence-electron chi connectivity index (χ3n) is 4.03. The number of nitrogens with one attached hydrogen (secondary N) is 1. The highest BCUT2D eigenvalue weighted by molar-refractivity contribution is 6.33. The Morgan fingerprint density at radius 2 is 1.88 bits per heavy atom. The quantitative estimate of drug-likeness (QED) is 0.620. The summed E-state index contributed by atoms with van der Waals surface area (Å²) in [6.07, 6.45) is 1.64. The number of benzene rings is 2. The molecular weight excluding hydrogens is 371 g/mol. The van der Waals surface area contributed by atoms with Gasteiger partial charge in [-0.1, -0.05) is 41.4 Å². The van der Waals surface area contributed by atoms with Gasteiger partial charge in [-0.3, -0.25) is 4.79 Å². The van der Waals surface area contributed by atoms with Gasteiger partial charge in [0.2, 0.25) is 0 Å². The van der Waals surface area contributed by atoms with E-state index in [9.17, 15) is 9.90 Å². The third-order valence-corrected chi connectivity index (χ3v) is 4.56. The van der Waals surface area contributed by atoms with Crippen LogP contribution in [0.2, 0.25) is 10.2 Å². The average molecular weight is 387 g/mol. The monoisotopic (exact) mass is 386 g/mol. The number of phenolic OH excluding ortho intramolecular Hbond substituents is 1. The first-order valence-corrected chi connectivity index (χ1v) is 8.68. The Balaban J connectivity index is 1.85. The molecule has 2 N–H and O–H groups in total. The van der Waals surface area contributed by atoms with Crippen molar-refractivity contribution in [3.05, 3.63) is 81.6 Å². The number of aromatic nitrogens is 1.